The van der Waals surface area contributed by atoms with Crippen molar-refractivity contribution in [2.24, 2.45) is 0 Å². The van der Waals surface area contributed by atoms with Crippen LogP contribution < -0.4 is 15.1 Å². The van der Waals surface area contributed by atoms with E-state index in [1.165, 1.54) is 22.6 Å². The van der Waals surface area contributed by atoms with E-state index in [-0.39, 0.29) is 22.4 Å². The van der Waals surface area contributed by atoms with Crippen LogP contribution in [0, 0.1) is 0 Å². The van der Waals surface area contributed by atoms with Crippen molar-refractivity contribution in [3.05, 3.63) is 106 Å². The Morgan fingerprint density at radius 1 is 0.971 bits per heavy atom. The van der Waals surface area contributed by atoms with E-state index in [0.29, 0.717) is 24.2 Å². The number of nitrogens with one attached hydrogen (secondary N) is 2. The fraction of sp³-hybridized carbons (Fsp3) is 0.154. The van der Waals surface area contributed by atoms with Crippen LogP contribution in [0.4, 0.5) is 5.69 Å². The molecule has 0 saturated carbocycles. The number of sulfonamides is 1. The maximum absolute atomic E-state index is 13.3. The molecule has 0 bridgehead atoms. The molecule has 1 amide bonds. The third kappa shape index (κ3) is 4.72. The number of nitrogens with zero attached hydrogens (tertiary/aromatic N) is 1. The van der Waals surface area contributed by atoms with E-state index in [9.17, 15) is 18.0 Å². The van der Waals surface area contributed by atoms with Gasteiger partial charge in [0.2, 0.25) is 5.43 Å². The Balaban J connectivity index is 1.62. The second-order valence-corrected chi connectivity index (χ2v) is 9.60. The minimum absolute atomic E-state index is 0.0159. The van der Waals surface area contributed by atoms with Gasteiger partial charge in [0.15, 0.2) is 0 Å². The van der Waals surface area contributed by atoms with Crippen LogP contribution in [0.3, 0.4) is 0 Å². The van der Waals surface area contributed by atoms with Gasteiger partial charge >= 0.3 is 0 Å². The van der Waals surface area contributed by atoms with Gasteiger partial charge in [0.25, 0.3) is 15.9 Å². The van der Waals surface area contributed by atoms with Crippen molar-refractivity contribution in [2.75, 3.05) is 17.4 Å². The molecule has 7 nitrogen and oxygen atoms in total. The highest BCUT2D eigenvalue weighted by molar-refractivity contribution is 7.92. The summed E-state index contributed by atoms with van der Waals surface area (Å²) in [5.74, 6) is -0.508. The molecular weight excluding hydrogens is 450 g/mol. The number of carbonyl (C=O) groups is 1. The number of hydrogen-bond acceptors (Lipinski definition) is 4. The van der Waals surface area contributed by atoms with Gasteiger partial charge in [-0.05, 0) is 49.2 Å². The third-order valence-electron chi connectivity index (χ3n) is 5.56. The first-order chi connectivity index (χ1) is 16.4. The van der Waals surface area contributed by atoms with E-state index >= 15 is 0 Å². The fourth-order valence-electron chi connectivity index (χ4n) is 3.80. The highest BCUT2D eigenvalue weighted by Crippen LogP contribution is 2.24. The molecule has 8 heteroatoms. The molecule has 1 heterocycles. The Labute approximate surface area is 198 Å². The molecule has 0 aliphatic heterocycles. The van der Waals surface area contributed by atoms with E-state index in [0.717, 1.165) is 5.56 Å². The van der Waals surface area contributed by atoms with Crippen molar-refractivity contribution in [3.63, 3.8) is 0 Å². The number of anilines is 1. The number of benzene rings is 3. The summed E-state index contributed by atoms with van der Waals surface area (Å²) >= 11 is 0. The van der Waals surface area contributed by atoms with Crippen LogP contribution in [0.15, 0.2) is 94.7 Å². The number of aromatic amines is 1. The van der Waals surface area contributed by atoms with E-state index in [1.807, 2.05) is 36.4 Å². The van der Waals surface area contributed by atoms with Crippen LogP contribution >= 0.6 is 0 Å². The lowest BCUT2D eigenvalue weighted by Gasteiger charge is -2.23. The van der Waals surface area contributed by atoms with Crippen LogP contribution in [-0.4, -0.2) is 32.4 Å². The standard InChI is InChI=1S/C26H25N3O4S/c1-2-29(20-11-7-4-8-12-20)34(32,33)21-13-14-24-22(17-21)25(30)23(18-28-24)26(31)27-16-15-19-9-5-3-6-10-19/h3-14,17-18H,2,15-16H2,1H3,(H,27,31)(H,28,30). The molecular formula is C26H25N3O4S. The molecule has 4 aromatic rings. The normalized spacial score (nSPS) is 11.3. The first kappa shape index (κ1) is 23.3. The number of amides is 1. The van der Waals surface area contributed by atoms with Gasteiger partial charge in [-0.2, -0.15) is 0 Å². The SMILES string of the molecule is CCN(c1ccccc1)S(=O)(=O)c1ccc2[nH]cc(C(=O)NCCc3ccccc3)c(=O)c2c1. The van der Waals surface area contributed by atoms with E-state index in [4.69, 9.17) is 0 Å². The number of H-pyrrole nitrogens is 1. The molecule has 2 N–H and O–H groups in total. The summed E-state index contributed by atoms with van der Waals surface area (Å²) in [5.41, 5.74) is 1.47. The van der Waals surface area contributed by atoms with Crippen molar-refractivity contribution < 1.29 is 13.2 Å². The lowest BCUT2D eigenvalue weighted by molar-refractivity contribution is 0.0953. The second-order valence-electron chi connectivity index (χ2n) is 7.74. The lowest BCUT2D eigenvalue weighted by atomic mass is 10.1. The molecule has 34 heavy (non-hydrogen) atoms. The summed E-state index contributed by atoms with van der Waals surface area (Å²) in [6.45, 7) is 2.35. The quantitative estimate of drug-likeness (QED) is 0.406. The minimum Gasteiger partial charge on any atom is -0.360 e. The topological polar surface area (TPSA) is 99.3 Å². The summed E-state index contributed by atoms with van der Waals surface area (Å²) in [7, 11) is -3.91. The maximum Gasteiger partial charge on any atom is 0.264 e. The zero-order valence-corrected chi connectivity index (χ0v) is 19.5. The minimum atomic E-state index is -3.91. The highest BCUT2D eigenvalue weighted by Gasteiger charge is 2.24. The predicted octanol–water partition coefficient (Wildman–Crippen LogP) is 3.72. The summed E-state index contributed by atoms with van der Waals surface area (Å²) in [4.78, 5) is 28.7. The van der Waals surface area contributed by atoms with Crippen LogP contribution in [0.1, 0.15) is 22.8 Å². The molecule has 4 rings (SSSR count). The average Bonchev–Trinajstić information content (AvgIpc) is 2.85. The van der Waals surface area contributed by atoms with Gasteiger partial charge in [0.1, 0.15) is 5.56 Å². The molecule has 0 radical (unpaired) electrons. The molecule has 0 saturated heterocycles. The number of rotatable bonds is 8. The molecule has 0 fully saturated rings. The van der Waals surface area contributed by atoms with Crippen molar-refractivity contribution in [1.29, 1.82) is 0 Å². The van der Waals surface area contributed by atoms with Crippen molar-refractivity contribution in [1.82, 2.24) is 10.3 Å². The highest BCUT2D eigenvalue weighted by atomic mass is 32.2. The number of pyridine rings is 1. The summed E-state index contributed by atoms with van der Waals surface area (Å²) in [5, 5.41) is 2.90. The Hall–Kier alpha value is -3.91. The van der Waals surface area contributed by atoms with Crippen molar-refractivity contribution in [2.45, 2.75) is 18.2 Å². The van der Waals surface area contributed by atoms with Crippen molar-refractivity contribution in [3.8, 4) is 0 Å². The van der Waals surface area contributed by atoms with Gasteiger partial charge in [0.05, 0.1) is 10.6 Å². The van der Waals surface area contributed by atoms with Gasteiger partial charge < -0.3 is 10.3 Å². The van der Waals surface area contributed by atoms with E-state index < -0.39 is 21.4 Å². The molecule has 1 aromatic heterocycles. The molecule has 0 atom stereocenters. The van der Waals surface area contributed by atoms with Crippen LogP contribution in [0.5, 0.6) is 0 Å². The predicted molar refractivity (Wildman–Crippen MR) is 134 cm³/mol. The monoisotopic (exact) mass is 475 g/mol. The molecule has 174 valence electrons. The molecule has 0 aliphatic rings. The molecule has 3 aromatic carbocycles. The smallest absolute Gasteiger partial charge is 0.264 e. The number of fused-ring (bicyclic) bond motifs is 1. The Morgan fingerprint density at radius 2 is 1.65 bits per heavy atom. The third-order valence-corrected chi connectivity index (χ3v) is 7.46. The van der Waals surface area contributed by atoms with Crippen LogP contribution in [-0.2, 0) is 16.4 Å². The zero-order valence-electron chi connectivity index (χ0n) is 18.7. The largest absolute Gasteiger partial charge is 0.360 e. The summed E-state index contributed by atoms with van der Waals surface area (Å²) < 4.78 is 28.0. The second kappa shape index (κ2) is 9.93. The molecule has 0 aliphatic carbocycles. The first-order valence-electron chi connectivity index (χ1n) is 11.0. The average molecular weight is 476 g/mol. The van der Waals surface area contributed by atoms with Gasteiger partial charge in [-0.15, -0.1) is 0 Å². The molecule has 0 unspecified atom stereocenters. The Kier molecular flexibility index (Phi) is 6.79. The Morgan fingerprint density at radius 3 is 2.32 bits per heavy atom. The van der Waals surface area contributed by atoms with Crippen molar-refractivity contribution >= 4 is 32.5 Å². The summed E-state index contributed by atoms with van der Waals surface area (Å²) in [6, 6.07) is 22.8. The number of hydrogen-bond donors (Lipinski definition) is 2. The van der Waals surface area contributed by atoms with E-state index in [1.54, 1.807) is 37.3 Å². The number of para-hydroxylation sites is 1. The van der Waals surface area contributed by atoms with Gasteiger partial charge in [0, 0.05) is 30.2 Å². The van der Waals surface area contributed by atoms with Gasteiger partial charge in [-0.25, -0.2) is 8.42 Å². The van der Waals surface area contributed by atoms with Gasteiger partial charge in [-0.1, -0.05) is 48.5 Å². The fourth-order valence-corrected chi connectivity index (χ4v) is 5.30. The summed E-state index contributed by atoms with van der Waals surface area (Å²) in [6.07, 6.45) is 1.99. The van der Waals surface area contributed by atoms with Gasteiger partial charge in [-0.3, -0.25) is 13.9 Å². The lowest BCUT2D eigenvalue weighted by Crippen LogP contribution is -2.31. The zero-order chi connectivity index (χ0) is 24.1. The van der Waals surface area contributed by atoms with E-state index in [2.05, 4.69) is 10.3 Å². The molecule has 0 spiro atoms. The van der Waals surface area contributed by atoms with Crippen LogP contribution in [0.25, 0.3) is 10.9 Å². The maximum atomic E-state index is 13.3. The van der Waals surface area contributed by atoms with Crippen LogP contribution in [0.2, 0.25) is 0 Å². The first-order valence-corrected chi connectivity index (χ1v) is 12.4. The number of carbonyl (C=O) groups excluding carboxylic acids is 1. The Bertz CT molecular complexity index is 1470. The number of aromatic nitrogens is 1.